The summed E-state index contributed by atoms with van der Waals surface area (Å²) < 4.78 is 28.4. The van der Waals surface area contributed by atoms with Gasteiger partial charge in [0.05, 0.1) is 13.2 Å². The number of phosphoric acid groups is 1. The van der Waals surface area contributed by atoms with E-state index in [1.807, 2.05) is 44.2 Å². The molecule has 122 valence electrons. The third-order valence-electron chi connectivity index (χ3n) is 3.17. The fraction of sp³-hybridized carbons (Fsp3) is 0.529. The average Bonchev–Trinajstić information content (AvgIpc) is 2.46. The molecule has 0 fully saturated rings. The molecule has 0 saturated heterocycles. The molecule has 0 unspecified atom stereocenters. The topological polar surface area (TPSA) is 44.8 Å². The third-order valence-corrected chi connectivity index (χ3v) is 4.79. The van der Waals surface area contributed by atoms with Crippen molar-refractivity contribution in [3.05, 3.63) is 35.9 Å². The van der Waals surface area contributed by atoms with Crippen molar-refractivity contribution in [2.45, 2.75) is 40.2 Å². The third kappa shape index (κ3) is 5.59. The minimum atomic E-state index is -3.64. The van der Waals surface area contributed by atoms with Gasteiger partial charge in [0, 0.05) is 5.41 Å². The van der Waals surface area contributed by atoms with Crippen LogP contribution >= 0.6 is 7.82 Å². The van der Waals surface area contributed by atoms with E-state index >= 15 is 0 Å². The minimum Gasteiger partial charge on any atom is -0.287 e. The maximum absolute atomic E-state index is 12.5. The van der Waals surface area contributed by atoms with Gasteiger partial charge in [-0.3, -0.25) is 13.6 Å². The molecule has 22 heavy (non-hydrogen) atoms. The van der Waals surface area contributed by atoms with Gasteiger partial charge < -0.3 is 0 Å². The molecule has 0 heterocycles. The lowest BCUT2D eigenvalue weighted by molar-refractivity contribution is 0.0527. The summed E-state index contributed by atoms with van der Waals surface area (Å²) in [6.07, 6.45) is 5.62. The summed E-state index contributed by atoms with van der Waals surface area (Å²) in [6.45, 7) is 7.88. The van der Waals surface area contributed by atoms with Crippen molar-refractivity contribution >= 4 is 7.82 Å². The Balaban J connectivity index is 2.89. The van der Waals surface area contributed by atoms with Crippen molar-refractivity contribution < 1.29 is 18.1 Å². The number of terminal acetylenes is 1. The first-order valence-corrected chi connectivity index (χ1v) is 8.90. The molecule has 1 rings (SSSR count). The highest BCUT2D eigenvalue weighted by molar-refractivity contribution is 7.48. The molecule has 0 spiro atoms. The average molecular weight is 324 g/mol. The second-order valence-corrected chi connectivity index (χ2v) is 7.21. The van der Waals surface area contributed by atoms with Crippen molar-refractivity contribution in [3.63, 3.8) is 0 Å². The van der Waals surface area contributed by atoms with Crippen molar-refractivity contribution in [2.24, 2.45) is 5.41 Å². The van der Waals surface area contributed by atoms with Gasteiger partial charge in [-0.15, -0.1) is 6.42 Å². The Morgan fingerprint density at radius 3 is 2.18 bits per heavy atom. The van der Waals surface area contributed by atoms with E-state index in [1.165, 1.54) is 0 Å². The van der Waals surface area contributed by atoms with E-state index in [-0.39, 0.29) is 13.2 Å². The number of benzene rings is 1. The SMILES string of the molecule is C#C[C@@H](OP(=O)(OCC)OCC)C(C)(C)Cc1ccccc1. The van der Waals surface area contributed by atoms with E-state index in [0.717, 1.165) is 5.56 Å². The Hall–Kier alpha value is -1.11. The van der Waals surface area contributed by atoms with Gasteiger partial charge in [-0.2, -0.15) is 0 Å². The first-order chi connectivity index (χ1) is 10.4. The van der Waals surface area contributed by atoms with Gasteiger partial charge in [0.1, 0.15) is 6.10 Å². The number of hydrogen-bond acceptors (Lipinski definition) is 4. The summed E-state index contributed by atoms with van der Waals surface area (Å²) in [5, 5.41) is 0. The van der Waals surface area contributed by atoms with Crippen LogP contribution in [0.4, 0.5) is 0 Å². The summed E-state index contributed by atoms with van der Waals surface area (Å²) in [5.41, 5.74) is 0.721. The van der Waals surface area contributed by atoms with Gasteiger partial charge in [0.15, 0.2) is 0 Å². The van der Waals surface area contributed by atoms with Crippen LogP contribution in [-0.4, -0.2) is 19.3 Å². The number of rotatable bonds is 9. The first-order valence-electron chi connectivity index (χ1n) is 7.44. The van der Waals surface area contributed by atoms with Crippen LogP contribution in [0, 0.1) is 17.8 Å². The molecule has 0 radical (unpaired) electrons. The molecule has 0 aliphatic rings. The smallest absolute Gasteiger partial charge is 0.287 e. The second kappa shape index (κ2) is 8.50. The summed E-state index contributed by atoms with van der Waals surface area (Å²) in [4.78, 5) is 0. The molecule has 1 aromatic carbocycles. The summed E-state index contributed by atoms with van der Waals surface area (Å²) >= 11 is 0. The van der Waals surface area contributed by atoms with Gasteiger partial charge in [0.2, 0.25) is 0 Å². The lowest BCUT2D eigenvalue weighted by Crippen LogP contribution is -2.32. The minimum absolute atomic E-state index is 0.230. The zero-order chi connectivity index (χ0) is 16.6. The van der Waals surface area contributed by atoms with Crippen molar-refractivity contribution in [1.82, 2.24) is 0 Å². The van der Waals surface area contributed by atoms with Gasteiger partial charge >= 0.3 is 7.82 Å². The Bertz CT molecular complexity index is 523. The molecular formula is C17H25O4P. The van der Waals surface area contributed by atoms with Crippen LogP contribution in [0.5, 0.6) is 0 Å². The molecule has 0 saturated carbocycles. The molecule has 1 atom stereocenters. The summed E-state index contributed by atoms with van der Waals surface area (Å²) in [7, 11) is -3.64. The van der Waals surface area contributed by atoms with Crippen LogP contribution in [0.1, 0.15) is 33.3 Å². The van der Waals surface area contributed by atoms with Crippen LogP contribution in [0.2, 0.25) is 0 Å². The maximum Gasteiger partial charge on any atom is 0.475 e. The molecule has 1 aromatic rings. The quantitative estimate of drug-likeness (QED) is 0.497. The predicted octanol–water partition coefficient (Wildman–Crippen LogP) is 4.45. The first kappa shape index (κ1) is 18.9. The van der Waals surface area contributed by atoms with Crippen LogP contribution in [0.15, 0.2) is 30.3 Å². The molecule has 0 amide bonds. The highest BCUT2D eigenvalue weighted by Crippen LogP contribution is 2.52. The highest BCUT2D eigenvalue weighted by atomic mass is 31.2. The standard InChI is InChI=1S/C17H25O4P/c1-6-16(21-22(18,19-7-2)20-8-3)17(4,5)14-15-12-10-9-11-13-15/h1,9-13,16H,7-8,14H2,2-5H3/t16-/m1/s1. The Labute approximate surface area is 133 Å². The van der Waals surface area contributed by atoms with E-state index in [2.05, 4.69) is 5.92 Å². The highest BCUT2D eigenvalue weighted by Gasteiger charge is 2.37. The molecule has 0 bridgehead atoms. The van der Waals surface area contributed by atoms with Gasteiger partial charge in [-0.1, -0.05) is 50.1 Å². The fourth-order valence-electron chi connectivity index (χ4n) is 2.16. The maximum atomic E-state index is 12.5. The molecular weight excluding hydrogens is 299 g/mol. The van der Waals surface area contributed by atoms with Crippen LogP contribution in [0.25, 0.3) is 0 Å². The van der Waals surface area contributed by atoms with E-state index < -0.39 is 19.3 Å². The van der Waals surface area contributed by atoms with E-state index in [4.69, 9.17) is 20.0 Å². The van der Waals surface area contributed by atoms with Crippen molar-refractivity contribution in [2.75, 3.05) is 13.2 Å². The Kier molecular flexibility index (Phi) is 7.32. The zero-order valence-electron chi connectivity index (χ0n) is 13.7. The lowest BCUT2D eigenvalue weighted by atomic mass is 9.81. The second-order valence-electron chi connectivity index (χ2n) is 5.59. The van der Waals surface area contributed by atoms with Crippen molar-refractivity contribution in [1.29, 1.82) is 0 Å². The van der Waals surface area contributed by atoms with Crippen LogP contribution in [0.3, 0.4) is 0 Å². The molecule has 0 aromatic heterocycles. The summed E-state index contributed by atoms with van der Waals surface area (Å²) in [5.74, 6) is 2.58. The molecule has 5 heteroatoms. The van der Waals surface area contributed by atoms with Crippen LogP contribution < -0.4 is 0 Å². The summed E-state index contributed by atoms with van der Waals surface area (Å²) in [6, 6.07) is 9.97. The van der Waals surface area contributed by atoms with E-state index in [1.54, 1.807) is 13.8 Å². The monoisotopic (exact) mass is 324 g/mol. The molecule has 4 nitrogen and oxygen atoms in total. The van der Waals surface area contributed by atoms with Gasteiger partial charge in [-0.25, -0.2) is 4.57 Å². The number of hydrogen-bond donors (Lipinski definition) is 0. The molecule has 0 N–H and O–H groups in total. The zero-order valence-corrected chi connectivity index (χ0v) is 14.6. The largest absolute Gasteiger partial charge is 0.475 e. The Morgan fingerprint density at radius 2 is 1.73 bits per heavy atom. The predicted molar refractivity (Wildman–Crippen MR) is 88.5 cm³/mol. The molecule has 0 aliphatic carbocycles. The van der Waals surface area contributed by atoms with Gasteiger partial charge in [-0.05, 0) is 25.8 Å². The van der Waals surface area contributed by atoms with Crippen molar-refractivity contribution in [3.8, 4) is 12.3 Å². The van der Waals surface area contributed by atoms with E-state index in [9.17, 15) is 4.57 Å². The normalized spacial score (nSPS) is 13.6. The van der Waals surface area contributed by atoms with E-state index in [0.29, 0.717) is 6.42 Å². The Morgan fingerprint density at radius 1 is 1.18 bits per heavy atom. The van der Waals surface area contributed by atoms with Crippen LogP contribution in [-0.2, 0) is 24.6 Å². The molecule has 0 aliphatic heterocycles. The van der Waals surface area contributed by atoms with Gasteiger partial charge in [0.25, 0.3) is 0 Å². The fourth-order valence-corrected chi connectivity index (χ4v) is 3.59. The lowest BCUT2D eigenvalue weighted by Gasteiger charge is -2.32. The number of phosphoric ester groups is 1.